The molecule has 5 aromatic carbocycles. The molecule has 27 nitrogen and oxygen atoms in total. The van der Waals surface area contributed by atoms with E-state index in [9.17, 15) is 73.7 Å². The van der Waals surface area contributed by atoms with Gasteiger partial charge in [0.25, 0.3) is 35.9 Å². The lowest BCUT2D eigenvalue weighted by Gasteiger charge is -2.13. The quantitative estimate of drug-likeness (QED) is 0.0384. The van der Waals surface area contributed by atoms with Gasteiger partial charge in [-0.05, 0) is 72.1 Å². The van der Waals surface area contributed by atoms with Crippen LogP contribution in [0.3, 0.4) is 0 Å². The fourth-order valence-electron chi connectivity index (χ4n) is 5.95. The molecule has 0 unspecified atom stereocenters. The number of carbonyl (C=O) groups excluding carboxylic acids is 1. The number of H-pyrrole nitrogens is 1. The van der Waals surface area contributed by atoms with Crippen molar-refractivity contribution in [1.82, 2.24) is 9.78 Å². The predicted octanol–water partition coefficient (Wildman–Crippen LogP) is 5.41. The van der Waals surface area contributed by atoms with E-state index in [0.717, 1.165) is 60.7 Å². The van der Waals surface area contributed by atoms with Gasteiger partial charge in [0.15, 0.2) is 17.1 Å². The van der Waals surface area contributed by atoms with Crippen LogP contribution in [-0.4, -0.2) is 107 Å². The van der Waals surface area contributed by atoms with Crippen LogP contribution in [0.4, 0.5) is 39.8 Å². The van der Waals surface area contributed by atoms with Crippen molar-refractivity contribution in [3.05, 3.63) is 94.9 Å². The largest absolute Gasteiger partial charge is 0.505 e. The molecule has 0 radical (unpaired) electrons. The third kappa shape index (κ3) is 11.4. The molecule has 1 aromatic heterocycles. The number of hydrogen-bond acceptors (Lipinski definition) is 20. The molecule has 0 saturated heterocycles. The zero-order valence-electron chi connectivity index (χ0n) is 34.3. The summed E-state index contributed by atoms with van der Waals surface area (Å²) >= 11 is 0. The number of benzene rings is 5. The first-order valence-corrected chi connectivity index (χ1v) is 23.0. The van der Waals surface area contributed by atoms with Gasteiger partial charge in [0.2, 0.25) is 5.91 Å². The van der Waals surface area contributed by atoms with Gasteiger partial charge in [-0.1, -0.05) is 0 Å². The second-order valence-electron chi connectivity index (χ2n) is 13.6. The summed E-state index contributed by atoms with van der Waals surface area (Å²) in [6.45, 7) is -0.656. The number of fused-ring (bicyclic) bond motifs is 1. The van der Waals surface area contributed by atoms with Crippen molar-refractivity contribution in [2.45, 2.75) is 21.6 Å². The topological polar surface area (TPSA) is 421 Å². The van der Waals surface area contributed by atoms with Crippen LogP contribution in [0.15, 0.2) is 129 Å². The molecule has 68 heavy (non-hydrogen) atoms. The standard InChI is InChI=1S/C38H33N9O18S3/c1-19(50)39-21-3-9-26(31(16-21)67(58,59)60)41-42-27-17-30(65-13-11-49)28(18-29(27)64-12-10-48)43-44-33-32(68(61,62)63)15-20-14-22(2-8-25(20)36(33)51)40-45-34-35(38(53)54)46-47(37(34)52)23-4-6-24(7-5-23)66(55,56)57/h2-9,14-18,46,48-49,51H,10-13H2,1H3,(H,39,50)(H,53,54)(H,55,56,57)(H,58,59,60)(H,61,62,63). The zero-order valence-corrected chi connectivity index (χ0v) is 36.8. The molecule has 0 aliphatic rings. The fourth-order valence-corrected chi connectivity index (χ4v) is 7.74. The number of aromatic amines is 1. The molecule has 1 heterocycles. The molecule has 0 fully saturated rings. The van der Waals surface area contributed by atoms with Crippen LogP contribution in [0.2, 0.25) is 0 Å². The number of carbonyl (C=O) groups is 2. The molecule has 0 bridgehead atoms. The number of phenolic OH excluding ortho intramolecular Hbond substituents is 1. The number of carboxylic acid groups (broad SMARTS) is 1. The van der Waals surface area contributed by atoms with E-state index >= 15 is 0 Å². The summed E-state index contributed by atoms with van der Waals surface area (Å²) in [7, 11) is -14.8. The van der Waals surface area contributed by atoms with Gasteiger partial charge in [-0.15, -0.1) is 25.6 Å². The van der Waals surface area contributed by atoms with Crippen molar-refractivity contribution in [2.75, 3.05) is 31.7 Å². The van der Waals surface area contributed by atoms with Crippen LogP contribution in [0, 0.1) is 0 Å². The summed E-state index contributed by atoms with van der Waals surface area (Å²) in [5.74, 6) is -3.51. The van der Waals surface area contributed by atoms with Gasteiger partial charge in [-0.3, -0.25) is 28.3 Å². The average Bonchev–Trinajstić information content (AvgIpc) is 3.60. The number of carboxylic acids is 1. The number of aromatic carboxylic acids is 1. The van der Waals surface area contributed by atoms with Crippen molar-refractivity contribution >= 4 is 92.8 Å². The van der Waals surface area contributed by atoms with Crippen LogP contribution in [0.25, 0.3) is 16.5 Å². The van der Waals surface area contributed by atoms with Crippen molar-refractivity contribution < 1.29 is 78.4 Å². The Labute approximate surface area is 381 Å². The normalized spacial score (nSPS) is 12.4. The molecule has 356 valence electrons. The van der Waals surface area contributed by atoms with Crippen LogP contribution in [0.1, 0.15) is 17.4 Å². The number of aliphatic hydroxyl groups excluding tert-OH is 2. The molecular weight excluding hydrogens is 967 g/mol. The van der Waals surface area contributed by atoms with Crippen LogP contribution in [-0.2, 0) is 35.1 Å². The lowest BCUT2D eigenvalue weighted by atomic mass is 10.1. The summed E-state index contributed by atoms with van der Waals surface area (Å²) in [6, 6.07) is 14.1. The number of nitrogens with zero attached hydrogens (tertiary/aromatic N) is 7. The molecule has 0 aliphatic heterocycles. The van der Waals surface area contributed by atoms with Gasteiger partial charge >= 0.3 is 5.97 Å². The van der Waals surface area contributed by atoms with Crippen LogP contribution in [0.5, 0.6) is 17.2 Å². The number of azo groups is 3. The number of aromatic nitrogens is 2. The molecule has 30 heteroatoms. The second-order valence-corrected chi connectivity index (χ2v) is 17.8. The number of hydrogen-bond donors (Lipinski definition) is 9. The van der Waals surface area contributed by atoms with E-state index in [4.69, 9.17) is 9.47 Å². The molecule has 0 spiro atoms. The number of rotatable bonds is 18. The number of aliphatic hydroxyl groups is 2. The number of amides is 1. The summed E-state index contributed by atoms with van der Waals surface area (Å²) in [6.07, 6.45) is 0. The highest BCUT2D eigenvalue weighted by molar-refractivity contribution is 7.86. The molecule has 0 aliphatic carbocycles. The van der Waals surface area contributed by atoms with Gasteiger partial charge in [-0.25, -0.2) is 9.48 Å². The number of nitrogens with one attached hydrogen (secondary N) is 2. The minimum absolute atomic E-state index is 0.00160. The maximum atomic E-state index is 13.2. The second kappa shape index (κ2) is 19.9. The molecule has 6 rings (SSSR count). The van der Waals surface area contributed by atoms with E-state index in [-0.39, 0.29) is 63.9 Å². The van der Waals surface area contributed by atoms with E-state index in [0.29, 0.717) is 4.68 Å². The first-order valence-electron chi connectivity index (χ1n) is 18.7. The van der Waals surface area contributed by atoms with Crippen LogP contribution >= 0.6 is 0 Å². The van der Waals surface area contributed by atoms with Gasteiger partial charge < -0.3 is 35.2 Å². The van der Waals surface area contributed by atoms with Gasteiger partial charge in [0.05, 0.1) is 29.5 Å². The zero-order chi connectivity index (χ0) is 49.7. The molecule has 6 aromatic rings. The Morgan fingerprint density at radius 2 is 1.25 bits per heavy atom. The summed E-state index contributed by atoms with van der Waals surface area (Å²) in [4.78, 5) is 34.5. The highest BCUT2D eigenvalue weighted by atomic mass is 32.2. The first-order chi connectivity index (χ1) is 32.0. The van der Waals surface area contributed by atoms with E-state index in [1.165, 1.54) is 25.1 Å². The van der Waals surface area contributed by atoms with Crippen LogP contribution < -0.4 is 20.3 Å². The molecule has 0 atom stereocenters. The van der Waals surface area contributed by atoms with Crippen molar-refractivity contribution in [2.24, 2.45) is 30.7 Å². The third-order valence-corrected chi connectivity index (χ3v) is 11.5. The molecule has 1 amide bonds. The van der Waals surface area contributed by atoms with E-state index < -0.39 is 104 Å². The van der Waals surface area contributed by atoms with Crippen molar-refractivity contribution in [1.29, 1.82) is 0 Å². The SMILES string of the molecule is CC(=O)Nc1ccc(N=Nc2cc(OCCO)c(N=Nc3c(S(=O)(=O)O)cc4cc(N=Nc5c(C(=O)O)[nH]n(-c6ccc(S(=O)(=O)O)cc6)c5=O)ccc4c3O)cc2OCCO)c(S(=O)(=O)O)c1. The summed E-state index contributed by atoms with van der Waals surface area (Å²) < 4.78 is 114. The maximum Gasteiger partial charge on any atom is 0.356 e. The summed E-state index contributed by atoms with van der Waals surface area (Å²) in [5.41, 5.74) is -4.42. The summed E-state index contributed by atoms with van der Waals surface area (Å²) in [5, 5.41) is 68.0. The number of anilines is 1. The fraction of sp³-hybridized carbons (Fsp3) is 0.132. The molecule has 9 N–H and O–H groups in total. The van der Waals surface area contributed by atoms with Gasteiger partial charge in [0.1, 0.15) is 57.3 Å². The highest BCUT2D eigenvalue weighted by Gasteiger charge is 2.25. The Balaban J connectivity index is 1.40. The smallest absolute Gasteiger partial charge is 0.356 e. The van der Waals surface area contributed by atoms with E-state index in [1.54, 1.807) is 0 Å². The van der Waals surface area contributed by atoms with Crippen molar-refractivity contribution in [3.63, 3.8) is 0 Å². The minimum Gasteiger partial charge on any atom is -0.505 e. The maximum absolute atomic E-state index is 13.2. The Bertz CT molecular complexity index is 3480. The Morgan fingerprint density at radius 3 is 1.79 bits per heavy atom. The Hall–Kier alpha value is -7.84. The van der Waals surface area contributed by atoms with E-state index in [2.05, 4.69) is 41.1 Å². The Morgan fingerprint density at radius 1 is 0.676 bits per heavy atom. The van der Waals surface area contributed by atoms with Crippen molar-refractivity contribution in [3.8, 4) is 22.9 Å². The Kier molecular flexibility index (Phi) is 14.5. The molecular formula is C38H33N9O18S3. The number of aromatic hydroxyl groups is 1. The number of phenols is 1. The van der Waals surface area contributed by atoms with Gasteiger partial charge in [0, 0.05) is 30.1 Å². The average molecular weight is 1000 g/mol. The lowest BCUT2D eigenvalue weighted by molar-refractivity contribution is -0.114. The van der Waals surface area contributed by atoms with Gasteiger partial charge in [-0.2, -0.15) is 30.4 Å². The minimum atomic E-state index is -5.24. The monoisotopic (exact) mass is 999 g/mol. The third-order valence-electron chi connectivity index (χ3n) is 8.87. The number of ether oxygens (including phenoxy) is 2. The lowest BCUT2D eigenvalue weighted by Crippen LogP contribution is -2.14. The predicted molar refractivity (Wildman–Crippen MR) is 233 cm³/mol. The first kappa shape index (κ1) is 49.6. The molecule has 0 saturated carbocycles. The van der Waals surface area contributed by atoms with E-state index in [1.807, 2.05) is 0 Å². The highest BCUT2D eigenvalue weighted by Crippen LogP contribution is 2.45.